The number of carbonyl (C=O) groups is 3. The quantitative estimate of drug-likeness (QED) is 0.391. The van der Waals surface area contributed by atoms with Gasteiger partial charge in [-0.15, -0.1) is 11.6 Å². The second kappa shape index (κ2) is 4.41. The average molecular weight is 219 g/mol. The Hall–Kier alpha value is -1.10. The number of likely N-dealkylation sites (N-methyl/N-ethyl adjacent to an activating group) is 1. The van der Waals surface area contributed by atoms with E-state index < -0.39 is 17.8 Å². The van der Waals surface area contributed by atoms with Crippen LogP contribution in [0.1, 0.15) is 13.3 Å². The molecule has 0 unspecified atom stereocenters. The van der Waals surface area contributed by atoms with Crippen molar-refractivity contribution in [3.63, 3.8) is 0 Å². The lowest BCUT2D eigenvalue weighted by Crippen LogP contribution is -2.34. The van der Waals surface area contributed by atoms with E-state index in [-0.39, 0.29) is 13.1 Å². The molecule has 1 heterocycles. The maximum Gasteiger partial charge on any atom is 0.334 e. The van der Waals surface area contributed by atoms with Gasteiger partial charge in [0.15, 0.2) is 0 Å². The molecule has 4 amide bonds. The van der Waals surface area contributed by atoms with Gasteiger partial charge in [-0.25, -0.2) is 4.79 Å². The number of imide groups is 2. The molecule has 78 valence electrons. The number of hydrogen-bond donors (Lipinski definition) is 0. The van der Waals surface area contributed by atoms with Crippen LogP contribution in [-0.2, 0) is 9.59 Å². The van der Waals surface area contributed by atoms with Crippen molar-refractivity contribution in [1.82, 2.24) is 9.80 Å². The molecule has 1 aliphatic rings. The Kier molecular flexibility index (Phi) is 3.46. The monoisotopic (exact) mass is 218 g/mol. The smallest absolute Gasteiger partial charge is 0.263 e. The Morgan fingerprint density at radius 3 is 2.14 bits per heavy atom. The lowest BCUT2D eigenvalue weighted by molar-refractivity contribution is -0.143. The number of hydrogen-bond acceptors (Lipinski definition) is 3. The van der Waals surface area contributed by atoms with Crippen LogP contribution in [0.5, 0.6) is 0 Å². The summed E-state index contributed by atoms with van der Waals surface area (Å²) < 4.78 is 0. The topological polar surface area (TPSA) is 57.7 Å². The first kappa shape index (κ1) is 11.0. The number of rotatable bonds is 4. The zero-order valence-electron chi connectivity index (χ0n) is 7.83. The molecule has 0 radical (unpaired) electrons. The predicted molar refractivity (Wildman–Crippen MR) is 49.8 cm³/mol. The number of alkyl halides is 1. The Morgan fingerprint density at radius 2 is 1.71 bits per heavy atom. The molecule has 0 aromatic heterocycles. The second-order valence-corrected chi connectivity index (χ2v) is 3.21. The molecule has 0 atom stereocenters. The van der Waals surface area contributed by atoms with E-state index >= 15 is 0 Å². The molecule has 0 bridgehead atoms. The van der Waals surface area contributed by atoms with Crippen molar-refractivity contribution in [1.29, 1.82) is 0 Å². The maximum atomic E-state index is 11.4. The molecule has 5 nitrogen and oxygen atoms in total. The molecular weight excluding hydrogens is 208 g/mol. The van der Waals surface area contributed by atoms with E-state index in [0.29, 0.717) is 12.3 Å². The van der Waals surface area contributed by atoms with Gasteiger partial charge in [0.1, 0.15) is 0 Å². The van der Waals surface area contributed by atoms with Gasteiger partial charge in [0.05, 0.1) is 0 Å². The van der Waals surface area contributed by atoms with Crippen molar-refractivity contribution in [2.45, 2.75) is 13.3 Å². The van der Waals surface area contributed by atoms with Crippen molar-refractivity contribution < 1.29 is 14.4 Å². The fourth-order valence-corrected chi connectivity index (χ4v) is 1.36. The standard InChI is InChI=1S/C8H11ClN2O3/c1-2-10-6(12)7(13)11(8(10)14)5-3-4-9/h2-5H2,1H3. The molecule has 1 saturated heterocycles. The Morgan fingerprint density at radius 1 is 1.14 bits per heavy atom. The lowest BCUT2D eigenvalue weighted by Gasteiger charge is -2.12. The zero-order valence-corrected chi connectivity index (χ0v) is 8.58. The Bertz CT molecular complexity index is 280. The Balaban J connectivity index is 2.74. The molecule has 0 aromatic carbocycles. The molecule has 6 heteroatoms. The summed E-state index contributed by atoms with van der Waals surface area (Å²) in [6.07, 6.45) is 0.504. The number of nitrogens with zero attached hydrogens (tertiary/aromatic N) is 2. The molecule has 14 heavy (non-hydrogen) atoms. The van der Waals surface area contributed by atoms with Crippen LogP contribution in [-0.4, -0.2) is 46.6 Å². The third kappa shape index (κ3) is 1.72. The van der Waals surface area contributed by atoms with Crippen molar-refractivity contribution in [2.75, 3.05) is 19.0 Å². The normalized spacial score (nSPS) is 17.1. The van der Waals surface area contributed by atoms with Crippen molar-refractivity contribution in [2.24, 2.45) is 0 Å². The number of carbonyl (C=O) groups excluding carboxylic acids is 3. The van der Waals surface area contributed by atoms with Gasteiger partial charge in [0.25, 0.3) is 0 Å². The van der Waals surface area contributed by atoms with Gasteiger partial charge in [-0.2, -0.15) is 0 Å². The molecule has 0 N–H and O–H groups in total. The molecule has 1 fully saturated rings. The summed E-state index contributed by atoms with van der Waals surface area (Å²) in [5.74, 6) is -1.13. The highest BCUT2D eigenvalue weighted by atomic mass is 35.5. The average Bonchev–Trinajstić information content (AvgIpc) is 2.37. The van der Waals surface area contributed by atoms with Crippen molar-refractivity contribution in [3.8, 4) is 0 Å². The summed E-state index contributed by atoms with van der Waals surface area (Å²) in [7, 11) is 0. The fourth-order valence-electron chi connectivity index (χ4n) is 1.24. The fraction of sp³-hybridized carbons (Fsp3) is 0.625. The number of urea groups is 1. The highest BCUT2D eigenvalue weighted by molar-refractivity contribution is 6.44. The van der Waals surface area contributed by atoms with Gasteiger partial charge in [-0.1, -0.05) is 0 Å². The van der Waals surface area contributed by atoms with Crippen LogP contribution in [0.4, 0.5) is 4.79 Å². The van der Waals surface area contributed by atoms with Gasteiger partial charge in [0, 0.05) is 19.0 Å². The van der Waals surface area contributed by atoms with Crippen molar-refractivity contribution in [3.05, 3.63) is 0 Å². The van der Waals surface area contributed by atoms with Crippen LogP contribution in [0.15, 0.2) is 0 Å². The van der Waals surface area contributed by atoms with Crippen LogP contribution in [0, 0.1) is 0 Å². The van der Waals surface area contributed by atoms with Crippen LogP contribution < -0.4 is 0 Å². The van der Waals surface area contributed by atoms with Gasteiger partial charge < -0.3 is 0 Å². The first-order chi connectivity index (χ1) is 6.63. The second-order valence-electron chi connectivity index (χ2n) is 2.83. The van der Waals surface area contributed by atoms with E-state index in [2.05, 4.69) is 0 Å². The third-order valence-electron chi connectivity index (χ3n) is 1.97. The van der Waals surface area contributed by atoms with Gasteiger partial charge in [0.2, 0.25) is 0 Å². The maximum absolute atomic E-state index is 11.4. The van der Waals surface area contributed by atoms with Crippen LogP contribution >= 0.6 is 11.6 Å². The highest BCUT2D eigenvalue weighted by Gasteiger charge is 2.42. The van der Waals surface area contributed by atoms with Gasteiger partial charge >= 0.3 is 17.8 Å². The summed E-state index contributed by atoms with van der Waals surface area (Å²) in [5, 5.41) is 0. The van der Waals surface area contributed by atoms with E-state index in [4.69, 9.17) is 11.6 Å². The van der Waals surface area contributed by atoms with E-state index in [1.165, 1.54) is 0 Å². The summed E-state index contributed by atoms with van der Waals surface area (Å²) in [6.45, 7) is 2.08. The molecule has 0 spiro atoms. The van der Waals surface area contributed by atoms with Crippen LogP contribution in [0.2, 0.25) is 0 Å². The first-order valence-electron chi connectivity index (χ1n) is 4.36. The molecule has 1 rings (SSSR count). The minimum absolute atomic E-state index is 0.212. The van der Waals surface area contributed by atoms with E-state index in [9.17, 15) is 14.4 Å². The van der Waals surface area contributed by atoms with Crippen LogP contribution in [0.25, 0.3) is 0 Å². The summed E-state index contributed by atoms with van der Waals surface area (Å²) in [6, 6.07) is -0.535. The molecule has 0 aromatic rings. The van der Waals surface area contributed by atoms with Crippen molar-refractivity contribution >= 4 is 29.4 Å². The van der Waals surface area contributed by atoms with E-state index in [1.807, 2.05) is 0 Å². The molecule has 0 aliphatic carbocycles. The van der Waals surface area contributed by atoms with E-state index in [1.54, 1.807) is 6.92 Å². The summed E-state index contributed by atoms with van der Waals surface area (Å²) >= 11 is 5.43. The summed E-state index contributed by atoms with van der Waals surface area (Å²) in [5.41, 5.74) is 0. The lowest BCUT2D eigenvalue weighted by atomic mass is 10.4. The molecule has 0 saturated carbocycles. The van der Waals surface area contributed by atoms with Crippen LogP contribution in [0.3, 0.4) is 0 Å². The van der Waals surface area contributed by atoms with Gasteiger partial charge in [-0.05, 0) is 13.3 Å². The third-order valence-corrected chi connectivity index (χ3v) is 2.23. The summed E-state index contributed by atoms with van der Waals surface area (Å²) in [4.78, 5) is 35.8. The minimum atomic E-state index is -0.748. The zero-order chi connectivity index (χ0) is 10.7. The first-order valence-corrected chi connectivity index (χ1v) is 4.90. The molecule has 1 aliphatic heterocycles. The largest absolute Gasteiger partial charge is 0.334 e. The van der Waals surface area contributed by atoms with Gasteiger partial charge in [-0.3, -0.25) is 19.4 Å². The van der Waals surface area contributed by atoms with E-state index in [0.717, 1.165) is 9.80 Å². The predicted octanol–water partition coefficient (Wildman–Crippen LogP) is 0.426. The number of halogens is 1. The number of amides is 4. The molecular formula is C8H11ClN2O3. The SMILES string of the molecule is CCN1C(=O)C(=O)N(CCCCl)C1=O. The highest BCUT2D eigenvalue weighted by Crippen LogP contribution is 2.11. The Labute approximate surface area is 86.6 Å². The minimum Gasteiger partial charge on any atom is -0.263 e.